The van der Waals surface area contributed by atoms with Gasteiger partial charge in [0.25, 0.3) is 0 Å². The van der Waals surface area contributed by atoms with Crippen LogP contribution < -0.4 is 5.32 Å². The summed E-state index contributed by atoms with van der Waals surface area (Å²) in [5.74, 6) is 2.25. The van der Waals surface area contributed by atoms with Gasteiger partial charge in [-0.3, -0.25) is 0 Å². The maximum absolute atomic E-state index is 4.71. The summed E-state index contributed by atoms with van der Waals surface area (Å²) in [6, 6.07) is 10.6. The molecule has 2 rings (SSSR count). The minimum Gasteiger partial charge on any atom is -0.370 e. The molecule has 112 valence electrons. The van der Waals surface area contributed by atoms with Crippen molar-refractivity contribution in [1.82, 2.24) is 9.97 Å². The Morgan fingerprint density at radius 3 is 2.62 bits per heavy atom. The Labute approximate surface area is 127 Å². The van der Waals surface area contributed by atoms with Crippen molar-refractivity contribution < 1.29 is 0 Å². The number of nitrogens with zero attached hydrogens (tertiary/aromatic N) is 2. The van der Waals surface area contributed by atoms with E-state index in [1.807, 2.05) is 0 Å². The van der Waals surface area contributed by atoms with E-state index in [-0.39, 0.29) is 0 Å². The van der Waals surface area contributed by atoms with E-state index in [1.54, 1.807) is 0 Å². The number of nitrogens with one attached hydrogen (secondary N) is 1. The van der Waals surface area contributed by atoms with E-state index in [9.17, 15) is 0 Å². The lowest BCUT2D eigenvalue weighted by atomic mass is 10.1. The largest absolute Gasteiger partial charge is 0.370 e. The van der Waals surface area contributed by atoms with Crippen LogP contribution >= 0.6 is 0 Å². The van der Waals surface area contributed by atoms with Crippen LogP contribution in [0.4, 0.5) is 5.82 Å². The van der Waals surface area contributed by atoms with Crippen molar-refractivity contribution in [3.8, 4) is 0 Å². The van der Waals surface area contributed by atoms with E-state index in [1.165, 1.54) is 11.1 Å². The third kappa shape index (κ3) is 4.55. The molecule has 0 radical (unpaired) electrons. The summed E-state index contributed by atoms with van der Waals surface area (Å²) in [4.78, 5) is 9.37. The fourth-order valence-corrected chi connectivity index (χ4v) is 2.24. The lowest BCUT2D eigenvalue weighted by Gasteiger charge is -2.11. The molecule has 2 aromatic rings. The highest BCUT2D eigenvalue weighted by Crippen LogP contribution is 2.17. The average Bonchev–Trinajstić information content (AvgIpc) is 2.45. The molecular formula is C18H25N3. The normalized spacial score (nSPS) is 10.9. The Balaban J connectivity index is 2.26. The van der Waals surface area contributed by atoms with E-state index >= 15 is 0 Å². The van der Waals surface area contributed by atoms with E-state index in [0.29, 0.717) is 5.92 Å². The number of anilines is 1. The zero-order valence-electron chi connectivity index (χ0n) is 13.5. The predicted molar refractivity (Wildman–Crippen MR) is 88.9 cm³/mol. The van der Waals surface area contributed by atoms with Crippen LogP contribution in [0.3, 0.4) is 0 Å². The molecule has 0 spiro atoms. The number of aromatic nitrogens is 2. The second-order valence-electron chi connectivity index (χ2n) is 5.84. The molecule has 0 aliphatic carbocycles. The van der Waals surface area contributed by atoms with Gasteiger partial charge < -0.3 is 5.32 Å². The topological polar surface area (TPSA) is 37.8 Å². The van der Waals surface area contributed by atoms with E-state index in [4.69, 9.17) is 4.98 Å². The molecule has 0 saturated heterocycles. The molecule has 3 heteroatoms. The third-order valence-electron chi connectivity index (χ3n) is 3.38. The van der Waals surface area contributed by atoms with Gasteiger partial charge in [0.05, 0.1) is 0 Å². The van der Waals surface area contributed by atoms with E-state index < -0.39 is 0 Å². The zero-order chi connectivity index (χ0) is 15.2. The minimum absolute atomic E-state index is 0.409. The van der Waals surface area contributed by atoms with Crippen LogP contribution in [-0.2, 0) is 6.42 Å². The van der Waals surface area contributed by atoms with Gasteiger partial charge in [-0.1, -0.05) is 50.6 Å². The molecule has 0 amide bonds. The van der Waals surface area contributed by atoms with Crippen molar-refractivity contribution in [3.63, 3.8) is 0 Å². The molecule has 1 aromatic carbocycles. The van der Waals surface area contributed by atoms with Crippen molar-refractivity contribution in [2.45, 2.75) is 46.5 Å². The maximum atomic E-state index is 4.71. The molecule has 0 unspecified atom stereocenters. The molecule has 0 fully saturated rings. The van der Waals surface area contributed by atoms with Crippen molar-refractivity contribution in [3.05, 3.63) is 53.0 Å². The molecule has 0 atom stereocenters. The van der Waals surface area contributed by atoms with E-state index in [0.717, 1.165) is 36.7 Å². The van der Waals surface area contributed by atoms with Crippen LogP contribution in [0.2, 0.25) is 0 Å². The van der Waals surface area contributed by atoms with Gasteiger partial charge in [-0.25, -0.2) is 9.97 Å². The second-order valence-corrected chi connectivity index (χ2v) is 5.84. The summed E-state index contributed by atoms with van der Waals surface area (Å²) in [7, 11) is 0. The average molecular weight is 283 g/mol. The third-order valence-corrected chi connectivity index (χ3v) is 3.38. The zero-order valence-corrected chi connectivity index (χ0v) is 13.5. The molecule has 1 N–H and O–H groups in total. The fourth-order valence-electron chi connectivity index (χ4n) is 2.24. The first-order valence-corrected chi connectivity index (χ1v) is 7.75. The Morgan fingerprint density at radius 2 is 1.95 bits per heavy atom. The van der Waals surface area contributed by atoms with Crippen LogP contribution in [0.25, 0.3) is 0 Å². The number of benzene rings is 1. The molecule has 0 bridgehead atoms. The standard InChI is InChI=1S/C18H25N3/c1-5-9-19-17-12-16(13(2)3)20-18(21-17)11-15-8-6-7-14(4)10-15/h6-8,10,12-13H,5,9,11H2,1-4H3,(H,19,20,21). The Kier molecular flexibility index (Phi) is 5.32. The molecule has 0 aliphatic rings. The smallest absolute Gasteiger partial charge is 0.135 e. The SMILES string of the molecule is CCCNc1cc(C(C)C)nc(Cc2cccc(C)c2)n1. The summed E-state index contributed by atoms with van der Waals surface area (Å²) < 4.78 is 0. The summed E-state index contributed by atoms with van der Waals surface area (Å²) in [5.41, 5.74) is 3.64. The number of hydrogen-bond donors (Lipinski definition) is 1. The Hall–Kier alpha value is -1.90. The van der Waals surface area contributed by atoms with Gasteiger partial charge >= 0.3 is 0 Å². The lowest BCUT2D eigenvalue weighted by Crippen LogP contribution is -2.08. The monoisotopic (exact) mass is 283 g/mol. The number of hydrogen-bond acceptors (Lipinski definition) is 3. The Bertz CT molecular complexity index is 591. The molecule has 3 nitrogen and oxygen atoms in total. The predicted octanol–water partition coefficient (Wildman–Crippen LogP) is 4.32. The quantitative estimate of drug-likeness (QED) is 0.858. The number of rotatable bonds is 6. The van der Waals surface area contributed by atoms with Gasteiger partial charge in [-0.05, 0) is 24.8 Å². The molecule has 1 heterocycles. The highest BCUT2D eigenvalue weighted by molar-refractivity contribution is 5.38. The molecule has 21 heavy (non-hydrogen) atoms. The first kappa shape index (κ1) is 15.5. The summed E-state index contributed by atoms with van der Waals surface area (Å²) in [6.45, 7) is 9.55. The first-order valence-electron chi connectivity index (χ1n) is 7.75. The summed E-state index contributed by atoms with van der Waals surface area (Å²) >= 11 is 0. The second kappa shape index (κ2) is 7.21. The van der Waals surface area contributed by atoms with E-state index in [2.05, 4.69) is 68.3 Å². The fraction of sp³-hybridized carbons (Fsp3) is 0.444. The lowest BCUT2D eigenvalue weighted by molar-refractivity contribution is 0.790. The van der Waals surface area contributed by atoms with Gasteiger partial charge in [-0.15, -0.1) is 0 Å². The van der Waals surface area contributed by atoms with Gasteiger partial charge in [0.15, 0.2) is 0 Å². The Morgan fingerprint density at radius 1 is 1.14 bits per heavy atom. The highest BCUT2D eigenvalue weighted by atomic mass is 15.0. The summed E-state index contributed by atoms with van der Waals surface area (Å²) in [6.07, 6.45) is 1.87. The first-order chi connectivity index (χ1) is 10.1. The minimum atomic E-state index is 0.409. The molecule has 0 aliphatic heterocycles. The van der Waals surface area contributed by atoms with Gasteiger partial charge in [0.2, 0.25) is 0 Å². The van der Waals surface area contributed by atoms with Gasteiger partial charge in [0, 0.05) is 24.7 Å². The van der Waals surface area contributed by atoms with Crippen molar-refractivity contribution in [1.29, 1.82) is 0 Å². The van der Waals surface area contributed by atoms with Crippen molar-refractivity contribution in [2.75, 3.05) is 11.9 Å². The molecule has 0 saturated carbocycles. The van der Waals surface area contributed by atoms with Crippen LogP contribution in [0.15, 0.2) is 30.3 Å². The van der Waals surface area contributed by atoms with Crippen LogP contribution in [0.1, 0.15) is 55.8 Å². The maximum Gasteiger partial charge on any atom is 0.135 e. The summed E-state index contributed by atoms with van der Waals surface area (Å²) in [5, 5.41) is 3.38. The van der Waals surface area contributed by atoms with Crippen molar-refractivity contribution in [2.24, 2.45) is 0 Å². The van der Waals surface area contributed by atoms with Gasteiger partial charge in [0.1, 0.15) is 11.6 Å². The number of aryl methyl sites for hydroxylation is 1. The highest BCUT2D eigenvalue weighted by Gasteiger charge is 2.08. The van der Waals surface area contributed by atoms with Crippen LogP contribution in [0.5, 0.6) is 0 Å². The van der Waals surface area contributed by atoms with Crippen molar-refractivity contribution >= 4 is 5.82 Å². The van der Waals surface area contributed by atoms with Gasteiger partial charge in [-0.2, -0.15) is 0 Å². The molecule has 1 aromatic heterocycles. The van der Waals surface area contributed by atoms with Crippen LogP contribution in [-0.4, -0.2) is 16.5 Å². The molecular weight excluding hydrogens is 258 g/mol. The van der Waals surface area contributed by atoms with Crippen LogP contribution in [0, 0.1) is 6.92 Å².